The highest BCUT2D eigenvalue weighted by Gasteiger charge is 2.10. The molecule has 1 unspecified atom stereocenters. The smallest absolute Gasteiger partial charge is 0.138 e. The summed E-state index contributed by atoms with van der Waals surface area (Å²) in [5.41, 5.74) is 6.73. The maximum atomic E-state index is 13.4. The van der Waals surface area contributed by atoms with Crippen molar-refractivity contribution in [1.29, 1.82) is 0 Å². The highest BCUT2D eigenvalue weighted by Crippen LogP contribution is 2.24. The summed E-state index contributed by atoms with van der Waals surface area (Å²) in [6.07, 6.45) is 0.588. The van der Waals surface area contributed by atoms with Gasteiger partial charge in [-0.1, -0.05) is 18.2 Å². The molecular formula is C11H11FN2. The van der Waals surface area contributed by atoms with E-state index in [0.717, 1.165) is 10.9 Å². The molecule has 2 rings (SSSR count). The molecule has 2 nitrogen and oxygen atoms in total. The molecule has 0 bridgehead atoms. The lowest BCUT2D eigenvalue weighted by Crippen LogP contribution is -2.08. The third kappa shape index (κ3) is 1.46. The van der Waals surface area contributed by atoms with Crippen LogP contribution in [0.15, 0.2) is 36.5 Å². The predicted octanol–water partition coefficient (Wildman–Crippen LogP) is 2.20. The number of alkyl halides is 1. The lowest BCUT2D eigenvalue weighted by Gasteiger charge is -2.08. The molecule has 0 fully saturated rings. The van der Waals surface area contributed by atoms with Gasteiger partial charge in [0.05, 0.1) is 5.52 Å². The molecule has 0 aliphatic heterocycles. The molecule has 0 aliphatic rings. The molecule has 2 N–H and O–H groups in total. The number of fused-ring (bicyclic) bond motifs is 1. The lowest BCUT2D eigenvalue weighted by atomic mass is 10.0. The van der Waals surface area contributed by atoms with Crippen molar-refractivity contribution >= 4 is 10.9 Å². The summed E-state index contributed by atoms with van der Waals surface area (Å²) in [7, 11) is 0. The van der Waals surface area contributed by atoms with Gasteiger partial charge in [-0.25, -0.2) is 4.39 Å². The summed E-state index contributed by atoms with van der Waals surface area (Å²) in [6.45, 7) is 0.00794. The Hall–Kier alpha value is -1.48. The Kier molecular flexibility index (Phi) is 2.41. The van der Waals surface area contributed by atoms with Crippen LogP contribution in [0.25, 0.3) is 10.9 Å². The Balaban J connectivity index is 2.65. The van der Waals surface area contributed by atoms with Gasteiger partial charge in [-0.2, -0.15) is 0 Å². The number of nitrogens with two attached hydrogens (primary N) is 1. The third-order valence-electron chi connectivity index (χ3n) is 2.22. The Morgan fingerprint density at radius 3 is 2.93 bits per heavy atom. The molecule has 2 aromatic rings. The average molecular weight is 190 g/mol. The molecule has 3 heteroatoms. The molecule has 1 atom stereocenters. The first kappa shape index (κ1) is 9.09. The molecule has 72 valence electrons. The van der Waals surface area contributed by atoms with Gasteiger partial charge in [0, 0.05) is 18.1 Å². The van der Waals surface area contributed by atoms with Gasteiger partial charge in [0.15, 0.2) is 0 Å². The van der Waals surface area contributed by atoms with Crippen LogP contribution in [0.5, 0.6) is 0 Å². The molecule has 14 heavy (non-hydrogen) atoms. The van der Waals surface area contributed by atoms with Crippen molar-refractivity contribution in [3.8, 4) is 0 Å². The number of aromatic nitrogens is 1. The van der Waals surface area contributed by atoms with Crippen LogP contribution in [-0.4, -0.2) is 11.5 Å². The minimum atomic E-state index is -1.11. The fourth-order valence-corrected chi connectivity index (χ4v) is 1.53. The second-order valence-corrected chi connectivity index (χ2v) is 3.12. The van der Waals surface area contributed by atoms with Crippen LogP contribution in [0.3, 0.4) is 0 Å². The first-order valence-electron chi connectivity index (χ1n) is 4.50. The number of rotatable bonds is 2. The molecule has 0 spiro atoms. The highest BCUT2D eigenvalue weighted by atomic mass is 19.1. The summed E-state index contributed by atoms with van der Waals surface area (Å²) in [6, 6.07) is 9.07. The number of hydrogen-bond donors (Lipinski definition) is 1. The minimum Gasteiger partial charge on any atom is -0.327 e. The molecule has 1 aromatic carbocycles. The summed E-state index contributed by atoms with van der Waals surface area (Å²) >= 11 is 0. The largest absolute Gasteiger partial charge is 0.327 e. The van der Waals surface area contributed by atoms with E-state index in [1.54, 1.807) is 24.4 Å². The Morgan fingerprint density at radius 2 is 2.14 bits per heavy atom. The normalized spacial score (nSPS) is 13.0. The van der Waals surface area contributed by atoms with Crippen molar-refractivity contribution in [2.75, 3.05) is 6.54 Å². The van der Waals surface area contributed by atoms with E-state index in [4.69, 9.17) is 5.73 Å². The molecule has 0 saturated heterocycles. The van der Waals surface area contributed by atoms with Crippen molar-refractivity contribution in [2.45, 2.75) is 6.17 Å². The zero-order valence-corrected chi connectivity index (χ0v) is 7.65. The van der Waals surface area contributed by atoms with Crippen LogP contribution >= 0.6 is 0 Å². The molecule has 1 heterocycles. The van der Waals surface area contributed by atoms with Gasteiger partial charge in [-0.05, 0) is 17.7 Å². The molecular weight excluding hydrogens is 179 g/mol. The zero-order valence-electron chi connectivity index (χ0n) is 7.65. The van der Waals surface area contributed by atoms with Gasteiger partial charge >= 0.3 is 0 Å². The van der Waals surface area contributed by atoms with Crippen molar-refractivity contribution in [1.82, 2.24) is 4.98 Å². The second kappa shape index (κ2) is 3.72. The van der Waals surface area contributed by atoms with Gasteiger partial charge < -0.3 is 5.73 Å². The predicted molar refractivity (Wildman–Crippen MR) is 54.6 cm³/mol. The number of nitrogens with zero attached hydrogens (tertiary/aromatic N) is 1. The third-order valence-corrected chi connectivity index (χ3v) is 2.22. The van der Waals surface area contributed by atoms with E-state index in [-0.39, 0.29) is 6.54 Å². The summed E-state index contributed by atoms with van der Waals surface area (Å²) in [4.78, 5) is 4.15. The monoisotopic (exact) mass is 190 g/mol. The lowest BCUT2D eigenvalue weighted by molar-refractivity contribution is 0.355. The van der Waals surface area contributed by atoms with E-state index >= 15 is 0 Å². The molecule has 0 aliphatic carbocycles. The number of benzene rings is 1. The first-order chi connectivity index (χ1) is 6.83. The number of halogens is 1. The SMILES string of the molecule is NCC(F)c1cccc2ncccc12. The zero-order chi connectivity index (χ0) is 9.97. The maximum absolute atomic E-state index is 13.4. The van der Waals surface area contributed by atoms with Crippen LogP contribution in [-0.2, 0) is 0 Å². The number of hydrogen-bond acceptors (Lipinski definition) is 2. The first-order valence-corrected chi connectivity index (χ1v) is 4.50. The molecule has 0 radical (unpaired) electrons. The standard InChI is InChI=1S/C11H11FN2/c12-10(7-13)8-3-1-5-11-9(8)4-2-6-14-11/h1-6,10H,7,13H2. The van der Waals surface area contributed by atoms with Gasteiger partial charge in [0.1, 0.15) is 6.17 Å². The summed E-state index contributed by atoms with van der Waals surface area (Å²) in [5.74, 6) is 0. The fourth-order valence-electron chi connectivity index (χ4n) is 1.53. The number of pyridine rings is 1. The van der Waals surface area contributed by atoms with E-state index in [0.29, 0.717) is 5.56 Å². The van der Waals surface area contributed by atoms with Gasteiger partial charge in [-0.15, -0.1) is 0 Å². The van der Waals surface area contributed by atoms with Crippen LogP contribution in [0.2, 0.25) is 0 Å². The van der Waals surface area contributed by atoms with Crippen LogP contribution in [0.1, 0.15) is 11.7 Å². The quantitative estimate of drug-likeness (QED) is 0.788. The van der Waals surface area contributed by atoms with Crippen LogP contribution in [0.4, 0.5) is 4.39 Å². The van der Waals surface area contributed by atoms with E-state index in [9.17, 15) is 4.39 Å². The Bertz CT molecular complexity index is 437. The average Bonchev–Trinajstić information content (AvgIpc) is 2.27. The summed E-state index contributed by atoms with van der Waals surface area (Å²) < 4.78 is 13.4. The van der Waals surface area contributed by atoms with Crippen LogP contribution in [0, 0.1) is 0 Å². The van der Waals surface area contributed by atoms with E-state index in [2.05, 4.69) is 4.98 Å². The van der Waals surface area contributed by atoms with E-state index in [1.165, 1.54) is 0 Å². The van der Waals surface area contributed by atoms with Crippen molar-refractivity contribution < 1.29 is 4.39 Å². The highest BCUT2D eigenvalue weighted by molar-refractivity contribution is 5.82. The van der Waals surface area contributed by atoms with Gasteiger partial charge in [0.25, 0.3) is 0 Å². The van der Waals surface area contributed by atoms with Crippen molar-refractivity contribution in [3.63, 3.8) is 0 Å². The minimum absolute atomic E-state index is 0.00794. The van der Waals surface area contributed by atoms with E-state index in [1.807, 2.05) is 12.1 Å². The molecule has 1 aromatic heterocycles. The van der Waals surface area contributed by atoms with E-state index < -0.39 is 6.17 Å². The fraction of sp³-hybridized carbons (Fsp3) is 0.182. The van der Waals surface area contributed by atoms with Crippen LogP contribution < -0.4 is 5.73 Å². The topological polar surface area (TPSA) is 38.9 Å². The Morgan fingerprint density at radius 1 is 1.29 bits per heavy atom. The van der Waals surface area contributed by atoms with Gasteiger partial charge in [0.2, 0.25) is 0 Å². The Labute approximate surface area is 81.6 Å². The molecule has 0 saturated carbocycles. The second-order valence-electron chi connectivity index (χ2n) is 3.12. The van der Waals surface area contributed by atoms with Gasteiger partial charge in [-0.3, -0.25) is 4.98 Å². The van der Waals surface area contributed by atoms with Crippen molar-refractivity contribution in [3.05, 3.63) is 42.1 Å². The summed E-state index contributed by atoms with van der Waals surface area (Å²) in [5, 5.41) is 0.841. The molecule has 0 amide bonds. The maximum Gasteiger partial charge on any atom is 0.138 e. The van der Waals surface area contributed by atoms with Crippen molar-refractivity contribution in [2.24, 2.45) is 5.73 Å².